The van der Waals surface area contributed by atoms with Gasteiger partial charge in [0.1, 0.15) is 13.2 Å². The molecular weight excluding hydrogens is 628 g/mol. The van der Waals surface area contributed by atoms with Crippen LogP contribution in [-0.4, -0.2) is 72.9 Å². The lowest BCUT2D eigenvalue weighted by Crippen LogP contribution is -2.50. The molecule has 0 spiro atoms. The number of rotatable bonds is 16. The summed E-state index contributed by atoms with van der Waals surface area (Å²) in [4.78, 5) is 53.9. The monoisotopic (exact) mass is 690 g/mol. The number of carbonyl (C=O) groups excluding carboxylic acids is 4. The van der Waals surface area contributed by atoms with Crippen LogP contribution in [0.2, 0.25) is 0 Å². The van der Waals surface area contributed by atoms with E-state index >= 15 is 0 Å². The second-order valence-corrected chi connectivity index (χ2v) is 15.6. The maximum atomic E-state index is 12.8. The lowest BCUT2D eigenvalue weighted by atomic mass is 9.61. The molecule has 0 aromatic heterocycles. The van der Waals surface area contributed by atoms with Crippen LogP contribution in [-0.2, 0) is 28.7 Å². The molecule has 2 saturated carbocycles. The van der Waals surface area contributed by atoms with Gasteiger partial charge in [-0.05, 0) is 98.0 Å². The Morgan fingerprint density at radius 3 is 1.28 bits per heavy atom. The number of piperazine rings is 1. The van der Waals surface area contributed by atoms with Crippen LogP contribution < -0.4 is 0 Å². The summed E-state index contributed by atoms with van der Waals surface area (Å²) in [6.07, 6.45) is 9.89. The summed E-state index contributed by atoms with van der Waals surface area (Å²) in [6, 6.07) is 0. The molecule has 0 bridgehead atoms. The van der Waals surface area contributed by atoms with Gasteiger partial charge in [0, 0.05) is 39.0 Å². The van der Waals surface area contributed by atoms with Crippen molar-refractivity contribution < 1.29 is 28.7 Å². The van der Waals surface area contributed by atoms with E-state index in [9.17, 15) is 19.2 Å². The quantitative estimate of drug-likeness (QED) is 0.121. The van der Waals surface area contributed by atoms with E-state index in [2.05, 4.69) is 67.2 Å². The molecular formula is C42H62N2O6. The summed E-state index contributed by atoms with van der Waals surface area (Å²) in [5.74, 6) is 0.00198. The van der Waals surface area contributed by atoms with Crippen molar-refractivity contribution >= 4 is 23.8 Å². The highest BCUT2D eigenvalue weighted by molar-refractivity contribution is 5.83. The van der Waals surface area contributed by atoms with E-state index in [1.165, 1.54) is 0 Å². The molecule has 8 nitrogen and oxygen atoms in total. The van der Waals surface area contributed by atoms with Gasteiger partial charge in [0.05, 0.1) is 12.8 Å². The maximum Gasteiger partial charge on any atom is 0.306 e. The van der Waals surface area contributed by atoms with Gasteiger partial charge in [0.25, 0.3) is 0 Å². The number of hydrogen-bond acceptors (Lipinski definition) is 6. The van der Waals surface area contributed by atoms with Crippen LogP contribution in [0.5, 0.6) is 0 Å². The van der Waals surface area contributed by atoms with Crippen LogP contribution in [0.25, 0.3) is 0 Å². The maximum absolute atomic E-state index is 12.8. The number of esters is 2. The first-order valence-corrected chi connectivity index (χ1v) is 18.3. The minimum Gasteiger partial charge on any atom is -0.461 e. The summed E-state index contributed by atoms with van der Waals surface area (Å²) >= 11 is 0. The van der Waals surface area contributed by atoms with Gasteiger partial charge in [-0.25, -0.2) is 0 Å². The summed E-state index contributed by atoms with van der Waals surface area (Å²) in [5, 5.41) is 0. The fourth-order valence-electron chi connectivity index (χ4n) is 8.09. The Morgan fingerprint density at radius 2 is 0.980 bits per heavy atom. The third-order valence-corrected chi connectivity index (χ3v) is 11.9. The molecule has 2 aliphatic carbocycles. The van der Waals surface area contributed by atoms with Crippen molar-refractivity contribution in [1.29, 1.82) is 0 Å². The molecule has 0 N–H and O–H groups in total. The van der Waals surface area contributed by atoms with E-state index < -0.39 is 11.9 Å². The molecule has 1 saturated heterocycles. The Balaban J connectivity index is 1.30. The Labute approximate surface area is 301 Å². The van der Waals surface area contributed by atoms with Gasteiger partial charge in [-0.1, -0.05) is 63.5 Å². The van der Waals surface area contributed by atoms with Gasteiger partial charge in [0.15, 0.2) is 0 Å². The fraction of sp³-hybridized carbons (Fsp3) is 0.619. The highest BCUT2D eigenvalue weighted by Crippen LogP contribution is 2.49. The normalized spacial score (nSPS) is 28.2. The second kappa shape index (κ2) is 18.0. The minimum absolute atomic E-state index is 0.00316. The molecule has 3 fully saturated rings. The van der Waals surface area contributed by atoms with Crippen molar-refractivity contribution in [2.24, 2.45) is 34.5 Å². The average Bonchev–Trinajstić information content (AvgIpc) is 3.10. The predicted molar refractivity (Wildman–Crippen MR) is 200 cm³/mol. The van der Waals surface area contributed by atoms with E-state index in [1.807, 2.05) is 12.2 Å². The molecule has 3 rings (SSSR count). The highest BCUT2D eigenvalue weighted by atomic mass is 16.5. The zero-order valence-electron chi connectivity index (χ0n) is 31.4. The van der Waals surface area contributed by atoms with Gasteiger partial charge in [-0.15, -0.1) is 13.2 Å². The van der Waals surface area contributed by atoms with E-state index in [1.54, 1.807) is 9.80 Å². The number of amides is 2. The number of carbonyl (C=O) groups is 4. The van der Waals surface area contributed by atoms with Crippen LogP contribution in [0.3, 0.4) is 0 Å². The van der Waals surface area contributed by atoms with Crippen molar-refractivity contribution in [3.63, 3.8) is 0 Å². The van der Waals surface area contributed by atoms with Crippen LogP contribution in [0.1, 0.15) is 91.9 Å². The topological polar surface area (TPSA) is 93.2 Å². The number of hydrogen-bond donors (Lipinski definition) is 0. The van der Waals surface area contributed by atoms with Crippen molar-refractivity contribution in [2.45, 2.75) is 91.9 Å². The van der Waals surface area contributed by atoms with Gasteiger partial charge >= 0.3 is 11.9 Å². The lowest BCUT2D eigenvalue weighted by molar-refractivity contribution is -0.147. The smallest absolute Gasteiger partial charge is 0.306 e. The molecule has 0 aromatic rings. The fourth-order valence-corrected chi connectivity index (χ4v) is 8.09. The zero-order chi connectivity index (χ0) is 37.2. The van der Waals surface area contributed by atoms with Crippen molar-refractivity contribution in [2.75, 3.05) is 39.4 Å². The molecule has 2 amide bonds. The molecule has 0 aromatic carbocycles. The zero-order valence-corrected chi connectivity index (χ0v) is 31.4. The molecule has 1 aliphatic heterocycles. The summed E-state index contributed by atoms with van der Waals surface area (Å²) in [7, 11) is 0. The standard InChI is InChI=1S/C42H62N2O6/c1-11-41(9)19-17-33(25-35(41)29(3)4)31(7)27-49-39(47)15-13-37(45)43-21-23-44(24-22-43)38(46)14-16-40(48)50-28-32(8)34-18-20-42(10,12-2)36(26-34)30(5)6/h11-12,33-36H,1-3,5,7-8,13-28H2,4,6,9-10H3/t33-,34-,35+,36+,41-,42-/m1/s1. The van der Waals surface area contributed by atoms with Gasteiger partial charge in [0.2, 0.25) is 11.8 Å². The van der Waals surface area contributed by atoms with Gasteiger partial charge in [-0.2, -0.15) is 0 Å². The molecule has 0 unspecified atom stereocenters. The van der Waals surface area contributed by atoms with Gasteiger partial charge < -0.3 is 19.3 Å². The molecule has 6 atom stereocenters. The summed E-state index contributed by atoms with van der Waals surface area (Å²) < 4.78 is 11.0. The highest BCUT2D eigenvalue weighted by Gasteiger charge is 2.40. The van der Waals surface area contributed by atoms with Crippen LogP contribution in [0, 0.1) is 34.5 Å². The molecule has 1 heterocycles. The largest absolute Gasteiger partial charge is 0.461 e. The van der Waals surface area contributed by atoms with E-state index in [0.29, 0.717) is 38.0 Å². The van der Waals surface area contributed by atoms with Crippen LogP contribution >= 0.6 is 0 Å². The average molecular weight is 691 g/mol. The molecule has 276 valence electrons. The molecule has 50 heavy (non-hydrogen) atoms. The SMILES string of the molecule is C=C[C@]1(C)CC[C@@H](C(=C)COC(=O)CCC(=O)N2CCN(C(=O)CCC(=O)OCC(=C)[C@@H]3CC[C@@](C)(C=C)[C@H](C(=C)C)C3)CC2)C[C@H]1C(=C)C. The minimum atomic E-state index is -0.419. The van der Waals surface area contributed by atoms with E-state index in [-0.39, 0.29) is 73.4 Å². The number of ether oxygens (including phenoxy) is 2. The van der Waals surface area contributed by atoms with Gasteiger partial charge in [-0.3, -0.25) is 19.2 Å². The Hall–Kier alpha value is -3.68. The number of allylic oxidation sites excluding steroid dienone is 4. The molecule has 3 aliphatic rings. The van der Waals surface area contributed by atoms with Crippen molar-refractivity contribution in [3.8, 4) is 0 Å². The third kappa shape index (κ3) is 10.7. The predicted octanol–water partition coefficient (Wildman–Crippen LogP) is 7.79. The number of nitrogens with zero attached hydrogens (tertiary/aromatic N) is 2. The molecule has 0 radical (unpaired) electrons. The first-order valence-electron chi connectivity index (χ1n) is 18.3. The second-order valence-electron chi connectivity index (χ2n) is 15.6. The van der Waals surface area contributed by atoms with E-state index in [4.69, 9.17) is 9.47 Å². The first-order chi connectivity index (χ1) is 23.5. The summed E-state index contributed by atoms with van der Waals surface area (Å²) in [6.45, 7) is 35.3. The van der Waals surface area contributed by atoms with Crippen molar-refractivity contribution in [1.82, 2.24) is 9.80 Å². The van der Waals surface area contributed by atoms with Crippen LogP contribution in [0.15, 0.2) is 73.9 Å². The van der Waals surface area contributed by atoms with Crippen LogP contribution in [0.4, 0.5) is 0 Å². The third-order valence-electron chi connectivity index (χ3n) is 11.9. The lowest BCUT2D eigenvalue weighted by Gasteiger charge is -2.43. The van der Waals surface area contributed by atoms with Crippen molar-refractivity contribution in [3.05, 3.63) is 73.9 Å². The Kier molecular flexibility index (Phi) is 14.7. The van der Waals surface area contributed by atoms with E-state index in [0.717, 1.165) is 60.8 Å². The Morgan fingerprint density at radius 1 is 0.640 bits per heavy atom. The Bertz CT molecular complexity index is 1250. The summed E-state index contributed by atoms with van der Waals surface area (Å²) in [5.41, 5.74) is 4.09. The first kappa shape index (κ1) is 40.7. The molecule has 8 heteroatoms.